The number of rotatable bonds is 8. The Labute approximate surface area is 170 Å². The smallest absolute Gasteiger partial charge is 0.256 e. The van der Waals surface area contributed by atoms with Gasteiger partial charge in [-0.25, -0.2) is 0 Å². The van der Waals surface area contributed by atoms with Crippen LogP contribution in [0.1, 0.15) is 56.6 Å². The molecule has 0 saturated carbocycles. The molecule has 1 atom stereocenters. The predicted octanol–water partition coefficient (Wildman–Crippen LogP) is 2.69. The number of hydrogen-bond donors (Lipinski definition) is 1. The Bertz CT molecular complexity index is 640. The molecular weight excluding hydrogens is 350 g/mol. The largest absolute Gasteiger partial charge is 0.379 e. The van der Waals surface area contributed by atoms with E-state index in [1.165, 1.54) is 31.5 Å². The third kappa shape index (κ3) is 5.34. The molecular formula is C23H37N3O2. The molecule has 2 saturated heterocycles. The van der Waals surface area contributed by atoms with Gasteiger partial charge in [0.25, 0.3) is 5.91 Å². The first-order valence-electron chi connectivity index (χ1n) is 10.9. The van der Waals surface area contributed by atoms with E-state index in [2.05, 4.69) is 47.9 Å². The number of carbonyl (C=O) groups is 1. The Balaban J connectivity index is 1.55. The maximum atomic E-state index is 13.1. The second-order valence-corrected chi connectivity index (χ2v) is 9.04. The maximum Gasteiger partial charge on any atom is 0.256 e. The number of piperidine rings is 1. The summed E-state index contributed by atoms with van der Waals surface area (Å²) < 4.78 is 0. The molecule has 1 N–H and O–H groups in total. The number of carbonyl (C=O) groups excluding carboxylic acids is 1. The average molecular weight is 388 g/mol. The van der Waals surface area contributed by atoms with Crippen molar-refractivity contribution < 1.29 is 9.90 Å². The Morgan fingerprint density at radius 3 is 2.43 bits per heavy atom. The first-order valence-corrected chi connectivity index (χ1v) is 10.9. The van der Waals surface area contributed by atoms with Gasteiger partial charge in [-0.15, -0.1) is 0 Å². The molecule has 2 aliphatic rings. The van der Waals surface area contributed by atoms with Crippen molar-refractivity contribution in [1.29, 1.82) is 0 Å². The van der Waals surface area contributed by atoms with Gasteiger partial charge in [0.15, 0.2) is 5.60 Å². The van der Waals surface area contributed by atoms with Crippen LogP contribution in [0.4, 0.5) is 0 Å². The van der Waals surface area contributed by atoms with Crippen LogP contribution in [0, 0.1) is 0 Å². The van der Waals surface area contributed by atoms with E-state index in [9.17, 15) is 9.90 Å². The van der Waals surface area contributed by atoms with Gasteiger partial charge in [0.1, 0.15) is 0 Å². The van der Waals surface area contributed by atoms with Crippen LogP contribution in [-0.2, 0) is 11.3 Å². The number of benzene rings is 1. The van der Waals surface area contributed by atoms with Gasteiger partial charge in [-0.1, -0.05) is 38.1 Å². The molecule has 2 fully saturated rings. The number of amides is 1. The summed E-state index contributed by atoms with van der Waals surface area (Å²) in [5, 5.41) is 11.1. The molecule has 2 heterocycles. The fourth-order valence-electron chi connectivity index (χ4n) is 4.43. The Hall–Kier alpha value is -1.43. The zero-order chi connectivity index (χ0) is 20.1. The van der Waals surface area contributed by atoms with Crippen molar-refractivity contribution in [2.75, 3.05) is 46.3 Å². The van der Waals surface area contributed by atoms with E-state index in [1.807, 2.05) is 11.9 Å². The van der Waals surface area contributed by atoms with E-state index in [1.54, 1.807) is 0 Å². The van der Waals surface area contributed by atoms with Crippen molar-refractivity contribution >= 4 is 5.91 Å². The lowest BCUT2D eigenvalue weighted by molar-refractivity contribution is -0.159. The maximum absolute atomic E-state index is 13.1. The zero-order valence-electron chi connectivity index (χ0n) is 17.9. The molecule has 0 radical (unpaired) electrons. The summed E-state index contributed by atoms with van der Waals surface area (Å²) in [4.78, 5) is 19.5. The predicted molar refractivity (Wildman–Crippen MR) is 113 cm³/mol. The molecule has 0 bridgehead atoms. The second kappa shape index (κ2) is 9.38. The van der Waals surface area contributed by atoms with Gasteiger partial charge in [-0.2, -0.15) is 0 Å². The molecule has 1 aromatic carbocycles. The molecule has 0 aromatic heterocycles. The lowest BCUT2D eigenvalue weighted by atomic mass is 9.90. The topological polar surface area (TPSA) is 47.0 Å². The van der Waals surface area contributed by atoms with Crippen molar-refractivity contribution in [3.63, 3.8) is 0 Å². The van der Waals surface area contributed by atoms with Gasteiger partial charge in [0, 0.05) is 32.7 Å². The highest BCUT2D eigenvalue weighted by atomic mass is 16.3. The lowest BCUT2D eigenvalue weighted by Crippen LogP contribution is -2.58. The van der Waals surface area contributed by atoms with Crippen molar-refractivity contribution in [1.82, 2.24) is 14.7 Å². The lowest BCUT2D eigenvalue weighted by Gasteiger charge is -2.40. The molecule has 5 heteroatoms. The van der Waals surface area contributed by atoms with E-state index in [-0.39, 0.29) is 5.91 Å². The highest BCUT2D eigenvalue weighted by Crippen LogP contribution is 2.25. The Morgan fingerprint density at radius 1 is 1.11 bits per heavy atom. The molecule has 1 aromatic rings. The highest BCUT2D eigenvalue weighted by Gasteiger charge is 2.42. The van der Waals surface area contributed by atoms with Crippen LogP contribution in [0.3, 0.4) is 0 Å². The van der Waals surface area contributed by atoms with Crippen LogP contribution >= 0.6 is 0 Å². The summed E-state index contributed by atoms with van der Waals surface area (Å²) in [7, 11) is 2.02. The molecule has 28 heavy (non-hydrogen) atoms. The minimum absolute atomic E-state index is 0.111. The monoisotopic (exact) mass is 387 g/mol. The summed E-state index contributed by atoms with van der Waals surface area (Å²) in [5.41, 5.74) is 1.19. The first kappa shape index (κ1) is 21.3. The number of aliphatic hydroxyl groups is 1. The third-order valence-corrected chi connectivity index (χ3v) is 6.25. The van der Waals surface area contributed by atoms with E-state index in [0.717, 1.165) is 31.6 Å². The number of hydrogen-bond acceptors (Lipinski definition) is 4. The molecule has 2 aliphatic heterocycles. The zero-order valence-corrected chi connectivity index (χ0v) is 17.9. The van der Waals surface area contributed by atoms with Crippen molar-refractivity contribution in [3.8, 4) is 0 Å². The van der Waals surface area contributed by atoms with Crippen LogP contribution < -0.4 is 0 Å². The first-order chi connectivity index (χ1) is 13.4. The van der Waals surface area contributed by atoms with Crippen LogP contribution in [-0.4, -0.2) is 77.6 Å². The summed E-state index contributed by atoms with van der Waals surface area (Å²) in [5.74, 6) is 0.395. The van der Waals surface area contributed by atoms with Crippen molar-refractivity contribution in [3.05, 3.63) is 35.4 Å². The Morgan fingerprint density at radius 2 is 1.79 bits per heavy atom. The van der Waals surface area contributed by atoms with E-state index >= 15 is 0 Å². The number of likely N-dealkylation sites (tertiary alicyclic amines) is 2. The minimum Gasteiger partial charge on any atom is -0.379 e. The summed E-state index contributed by atoms with van der Waals surface area (Å²) in [6.07, 6.45) is 3.99. The summed E-state index contributed by atoms with van der Waals surface area (Å²) in [6, 6.07) is 8.51. The van der Waals surface area contributed by atoms with Crippen LogP contribution in [0.25, 0.3) is 0 Å². The average Bonchev–Trinajstić information content (AvgIpc) is 3.18. The van der Waals surface area contributed by atoms with E-state index in [4.69, 9.17) is 0 Å². The molecule has 0 unspecified atom stereocenters. The van der Waals surface area contributed by atoms with Crippen molar-refractivity contribution in [2.45, 2.75) is 57.6 Å². The van der Waals surface area contributed by atoms with Gasteiger partial charge in [-0.3, -0.25) is 4.79 Å². The molecule has 3 rings (SSSR count). The van der Waals surface area contributed by atoms with Crippen molar-refractivity contribution in [2.24, 2.45) is 0 Å². The molecule has 156 valence electrons. The SMILES string of the molecule is CC(C)c1ccc(CN2CCC[C@](O)(CN(C)CCN3CCCC3)C2=O)cc1. The van der Waals surface area contributed by atoms with Gasteiger partial charge >= 0.3 is 0 Å². The molecule has 0 spiro atoms. The third-order valence-electron chi connectivity index (χ3n) is 6.25. The standard InChI is InChI=1S/C23H37N3O2/c1-19(2)21-9-7-20(8-10-21)17-26-14-6-11-23(28,22(26)27)18-24(3)15-16-25-12-4-5-13-25/h7-10,19,28H,4-6,11-18H2,1-3H3/t23-/m0/s1. The fraction of sp³-hybridized carbons (Fsp3) is 0.696. The molecule has 1 amide bonds. The number of nitrogens with zero attached hydrogens (tertiary/aromatic N) is 3. The Kier molecular flexibility index (Phi) is 7.13. The molecule has 5 nitrogen and oxygen atoms in total. The highest BCUT2D eigenvalue weighted by molar-refractivity contribution is 5.86. The van der Waals surface area contributed by atoms with Crippen LogP contribution in [0.15, 0.2) is 24.3 Å². The van der Waals surface area contributed by atoms with E-state index in [0.29, 0.717) is 25.4 Å². The van der Waals surface area contributed by atoms with Gasteiger partial charge < -0.3 is 19.8 Å². The van der Waals surface area contributed by atoms with Gasteiger partial charge in [-0.05, 0) is 62.9 Å². The second-order valence-electron chi connectivity index (χ2n) is 9.04. The molecule has 0 aliphatic carbocycles. The van der Waals surface area contributed by atoms with Crippen LogP contribution in [0.5, 0.6) is 0 Å². The van der Waals surface area contributed by atoms with E-state index < -0.39 is 5.60 Å². The quantitative estimate of drug-likeness (QED) is 0.745. The minimum atomic E-state index is -1.25. The number of likely N-dealkylation sites (N-methyl/N-ethyl adjacent to an activating group) is 1. The van der Waals surface area contributed by atoms with Gasteiger partial charge in [0.05, 0.1) is 0 Å². The summed E-state index contributed by atoms with van der Waals surface area (Å²) in [6.45, 7) is 10.4. The normalized spacial score (nSPS) is 23.9. The fourth-order valence-corrected chi connectivity index (χ4v) is 4.43. The van der Waals surface area contributed by atoms with Gasteiger partial charge in [0.2, 0.25) is 0 Å². The summed E-state index contributed by atoms with van der Waals surface area (Å²) >= 11 is 0. The van der Waals surface area contributed by atoms with Crippen LogP contribution in [0.2, 0.25) is 0 Å².